The molecular weight excluding hydrogens is 590 g/mol. The van der Waals surface area contributed by atoms with E-state index in [0.29, 0.717) is 13.1 Å². The number of hydrogen-bond acceptors (Lipinski definition) is 7. The molecule has 0 heterocycles. The van der Waals surface area contributed by atoms with Gasteiger partial charge in [-0.2, -0.15) is 0 Å². The number of likely N-dealkylation sites (N-methyl/N-ethyl adjacent to an activating group) is 1. The molecule has 2 aliphatic carbocycles. The van der Waals surface area contributed by atoms with E-state index < -0.39 is 0 Å². The van der Waals surface area contributed by atoms with Crippen LogP contribution in [0.3, 0.4) is 0 Å². The summed E-state index contributed by atoms with van der Waals surface area (Å²) < 4.78 is 0. The fraction of sp³-hybridized carbons (Fsp3) is 0.906. The summed E-state index contributed by atoms with van der Waals surface area (Å²) in [7, 11) is 5.85. The van der Waals surface area contributed by atoms with E-state index in [1.807, 2.05) is 11.9 Å². The van der Waals surface area contributed by atoms with Crippen molar-refractivity contribution < 1.29 is 74.1 Å². The van der Waals surface area contributed by atoms with Crippen molar-refractivity contribution in [3.8, 4) is 0 Å². The minimum atomic E-state index is 0. The first kappa shape index (κ1) is 69.1. The van der Waals surface area contributed by atoms with E-state index in [2.05, 4.69) is 69.2 Å². The summed E-state index contributed by atoms with van der Waals surface area (Å²) in [4.78, 5) is 1.86. The maximum atomic E-state index is 8.34. The first-order valence-corrected chi connectivity index (χ1v) is 13.6. The molecule has 0 aromatic heterocycles. The third-order valence-corrected chi connectivity index (χ3v) is 9.26. The minimum absolute atomic E-state index is 0. The second-order valence-corrected chi connectivity index (χ2v) is 10.3. The number of aliphatic hydroxyl groups is 6. The van der Waals surface area contributed by atoms with Gasteiger partial charge in [0.15, 0.2) is 0 Å². The van der Waals surface area contributed by atoms with Crippen molar-refractivity contribution in [3.05, 3.63) is 22.3 Å². The van der Waals surface area contributed by atoms with Gasteiger partial charge in [-0.15, -0.1) is 0 Å². The first-order valence-electron chi connectivity index (χ1n) is 13.6. The molecule has 0 aromatic rings. The van der Waals surface area contributed by atoms with Crippen LogP contribution in [0.5, 0.6) is 0 Å². The Morgan fingerprint density at radius 3 is 0.561 bits per heavy atom. The van der Waals surface area contributed by atoms with Gasteiger partial charge in [0.25, 0.3) is 0 Å². The van der Waals surface area contributed by atoms with Crippen LogP contribution < -0.4 is 0 Å². The summed E-state index contributed by atoms with van der Waals surface area (Å²) in [5, 5.41) is 44.7. The summed E-state index contributed by atoms with van der Waals surface area (Å²) in [6.07, 6.45) is 0. The van der Waals surface area contributed by atoms with E-state index in [0.717, 1.165) is 87.6 Å². The molecular formula is C32H78NO6Ti2-. The SMILES string of the molecule is CC1C(C)C(C)C(C)C1C.CC1C(C)C(C)C(C)C1C.CN(CCO)CCO.CO.CO.CO.CO.[CH3-].[CH3-].[CH3-].[Ti+2].[Ti]. The van der Waals surface area contributed by atoms with E-state index in [1.54, 1.807) is 0 Å². The van der Waals surface area contributed by atoms with Crippen molar-refractivity contribution in [2.45, 2.75) is 69.2 Å². The van der Waals surface area contributed by atoms with E-state index >= 15 is 0 Å². The van der Waals surface area contributed by atoms with Gasteiger partial charge >= 0.3 is 21.7 Å². The number of hydrogen-bond donors (Lipinski definition) is 6. The topological polar surface area (TPSA) is 125 Å². The summed E-state index contributed by atoms with van der Waals surface area (Å²) in [6.45, 7) is 25.6. The average Bonchev–Trinajstić information content (AvgIpc) is 3.19. The van der Waals surface area contributed by atoms with Crippen molar-refractivity contribution in [2.75, 3.05) is 61.8 Å². The quantitative estimate of drug-likeness (QED) is 0.183. The summed E-state index contributed by atoms with van der Waals surface area (Å²) in [6, 6.07) is 0. The third-order valence-electron chi connectivity index (χ3n) is 9.26. The zero-order valence-corrected chi connectivity index (χ0v) is 33.9. The molecule has 2 fully saturated rings. The molecule has 2 rings (SSSR count). The van der Waals surface area contributed by atoms with Crippen molar-refractivity contribution in [1.82, 2.24) is 4.90 Å². The molecule has 0 unspecified atom stereocenters. The summed E-state index contributed by atoms with van der Waals surface area (Å²) in [5.41, 5.74) is 0. The summed E-state index contributed by atoms with van der Waals surface area (Å²) >= 11 is 0. The maximum Gasteiger partial charge on any atom is 2.00 e. The first-order chi connectivity index (χ1) is 16.9. The number of aliphatic hydroxyl groups excluding tert-OH is 6. The van der Waals surface area contributed by atoms with Crippen LogP contribution in [0.4, 0.5) is 0 Å². The molecule has 0 aliphatic heterocycles. The van der Waals surface area contributed by atoms with Gasteiger partial charge in [0, 0.05) is 63.2 Å². The van der Waals surface area contributed by atoms with Gasteiger partial charge < -0.3 is 57.8 Å². The van der Waals surface area contributed by atoms with E-state index in [4.69, 9.17) is 30.6 Å². The molecule has 0 atom stereocenters. The Bertz CT molecular complexity index is 302. The Morgan fingerprint density at radius 2 is 0.488 bits per heavy atom. The maximum absolute atomic E-state index is 8.34. The standard InChI is InChI=1S/2C10H20.C5H13NO2.4CH4O.3CH3.2Ti/c2*1-6-7(2)9(4)10(5)8(6)3;1-6(2-4-7)3-5-8;4*1-2;;;;;/h2*6-10H,1-5H3;7-8H,2-5H2,1H3;4*2H,1H3;3*1H3;;/q;;;;;;;3*-1;;+2. The molecule has 2 aliphatic rings. The molecule has 0 aromatic carbocycles. The Balaban J connectivity index is -0.0000000372. The zero-order valence-electron chi connectivity index (χ0n) is 30.7. The molecule has 7 nitrogen and oxygen atoms in total. The van der Waals surface area contributed by atoms with Gasteiger partial charge in [-0.1, -0.05) is 69.2 Å². The molecule has 0 saturated heterocycles. The molecule has 9 heteroatoms. The second-order valence-electron chi connectivity index (χ2n) is 10.3. The molecule has 256 valence electrons. The second kappa shape index (κ2) is 45.6. The fourth-order valence-corrected chi connectivity index (χ4v) is 5.24. The van der Waals surface area contributed by atoms with Crippen molar-refractivity contribution in [3.63, 3.8) is 0 Å². The Labute approximate surface area is 290 Å². The molecule has 0 radical (unpaired) electrons. The van der Waals surface area contributed by atoms with Crippen LogP contribution in [0.1, 0.15) is 69.2 Å². The molecule has 0 bridgehead atoms. The van der Waals surface area contributed by atoms with Gasteiger partial charge in [0.05, 0.1) is 13.2 Å². The van der Waals surface area contributed by atoms with Crippen LogP contribution in [-0.4, -0.2) is 97.3 Å². The van der Waals surface area contributed by atoms with Crippen LogP contribution in [-0.2, 0) is 43.4 Å². The zero-order chi connectivity index (χ0) is 30.2. The Morgan fingerprint density at radius 1 is 0.390 bits per heavy atom. The van der Waals surface area contributed by atoms with Gasteiger partial charge in [0.1, 0.15) is 0 Å². The van der Waals surface area contributed by atoms with Crippen LogP contribution in [0.2, 0.25) is 0 Å². The van der Waals surface area contributed by atoms with Gasteiger partial charge in [-0.25, -0.2) is 0 Å². The Kier molecular flexibility index (Phi) is 76.8. The molecule has 6 N–H and O–H groups in total. The smallest absolute Gasteiger partial charge is 0.400 e. The number of rotatable bonds is 4. The van der Waals surface area contributed by atoms with E-state index in [9.17, 15) is 0 Å². The van der Waals surface area contributed by atoms with Crippen LogP contribution in [0.25, 0.3) is 0 Å². The number of nitrogens with zero attached hydrogens (tertiary/aromatic N) is 1. The normalized spacial score (nSPS) is 29.7. The monoisotopic (exact) mass is 668 g/mol. The predicted molar refractivity (Wildman–Crippen MR) is 175 cm³/mol. The predicted octanol–water partition coefficient (Wildman–Crippen LogP) is 5.04. The van der Waals surface area contributed by atoms with Crippen molar-refractivity contribution in [1.29, 1.82) is 0 Å². The minimum Gasteiger partial charge on any atom is -0.400 e. The van der Waals surface area contributed by atoms with Crippen LogP contribution in [0, 0.1) is 81.5 Å². The van der Waals surface area contributed by atoms with Crippen LogP contribution in [0.15, 0.2) is 0 Å². The van der Waals surface area contributed by atoms with Gasteiger partial charge in [-0.3, -0.25) is 0 Å². The van der Waals surface area contributed by atoms with Gasteiger partial charge in [-0.05, 0) is 66.2 Å². The third kappa shape index (κ3) is 28.4. The van der Waals surface area contributed by atoms with Crippen LogP contribution >= 0.6 is 0 Å². The largest absolute Gasteiger partial charge is 2.00 e. The van der Waals surface area contributed by atoms with Crippen molar-refractivity contribution >= 4 is 0 Å². The Hall–Kier alpha value is 1.15. The molecule has 0 amide bonds. The van der Waals surface area contributed by atoms with E-state index in [1.165, 1.54) is 0 Å². The molecule has 2 saturated carbocycles. The van der Waals surface area contributed by atoms with Crippen molar-refractivity contribution in [2.24, 2.45) is 59.2 Å². The van der Waals surface area contributed by atoms with Gasteiger partial charge in [0.2, 0.25) is 0 Å². The molecule has 41 heavy (non-hydrogen) atoms. The van der Waals surface area contributed by atoms with E-state index in [-0.39, 0.29) is 78.9 Å². The summed E-state index contributed by atoms with van der Waals surface area (Å²) in [5.74, 6) is 9.35. The molecule has 0 spiro atoms. The fourth-order valence-electron chi connectivity index (χ4n) is 5.24. The average molecular weight is 669 g/mol.